The first-order chi connectivity index (χ1) is 20.1. The van der Waals surface area contributed by atoms with E-state index in [1.54, 1.807) is 13.0 Å². The lowest BCUT2D eigenvalue weighted by atomic mass is 10.1. The molecule has 0 aliphatic carbocycles. The van der Waals surface area contributed by atoms with Gasteiger partial charge in [0, 0.05) is 13.1 Å². The number of carbonyl (C=O) groups is 2. The summed E-state index contributed by atoms with van der Waals surface area (Å²) in [5.41, 5.74) is -1.29. The number of nitrogens with zero attached hydrogens (tertiary/aromatic N) is 2. The van der Waals surface area contributed by atoms with Crippen molar-refractivity contribution in [2.24, 2.45) is 5.92 Å². The van der Waals surface area contributed by atoms with E-state index in [1.165, 1.54) is 48.5 Å². The zero-order valence-corrected chi connectivity index (χ0v) is 25.3. The van der Waals surface area contributed by atoms with Gasteiger partial charge in [-0.15, -0.1) is 0 Å². The number of nitrogens with one attached hydrogen (secondary N) is 1. The van der Waals surface area contributed by atoms with Gasteiger partial charge in [0.25, 0.3) is 10.0 Å². The van der Waals surface area contributed by atoms with Gasteiger partial charge in [-0.2, -0.15) is 13.2 Å². The smallest absolute Gasteiger partial charge is 0.354 e. The Bertz CT molecular complexity index is 1520. The summed E-state index contributed by atoms with van der Waals surface area (Å²) in [6.07, 6.45) is -4.70. The third-order valence-corrected chi connectivity index (χ3v) is 8.58. The molecule has 0 aromatic heterocycles. The molecule has 3 rings (SSSR count). The van der Waals surface area contributed by atoms with Crippen LogP contribution in [0.2, 0.25) is 5.02 Å². The molecule has 1 N–H and O–H groups in total. The summed E-state index contributed by atoms with van der Waals surface area (Å²) in [5, 5.41) is 2.43. The SMILES string of the molecule is CC[C@@H](C(=O)NCC(C)C)N(Cc1ccc(F)cc1)C(=O)CN(c1cc(C(F)(F)F)ccc1Cl)S(=O)(=O)c1ccccc1. The summed E-state index contributed by atoms with van der Waals surface area (Å²) in [6, 6.07) is 13.1. The molecule has 1 atom stereocenters. The van der Waals surface area contributed by atoms with E-state index in [4.69, 9.17) is 11.6 Å². The van der Waals surface area contributed by atoms with Crippen molar-refractivity contribution in [2.75, 3.05) is 17.4 Å². The van der Waals surface area contributed by atoms with Gasteiger partial charge >= 0.3 is 6.18 Å². The Balaban J connectivity index is 2.13. The van der Waals surface area contributed by atoms with Crippen molar-refractivity contribution in [3.05, 3.63) is 94.8 Å². The molecule has 0 aliphatic heterocycles. The Hall–Kier alpha value is -3.64. The molecular formula is C30H32ClF4N3O4S. The minimum atomic E-state index is -4.83. The molecule has 0 bridgehead atoms. The highest BCUT2D eigenvalue weighted by molar-refractivity contribution is 7.92. The van der Waals surface area contributed by atoms with Crippen LogP contribution >= 0.6 is 11.6 Å². The summed E-state index contributed by atoms with van der Waals surface area (Å²) in [4.78, 5) is 28.1. The van der Waals surface area contributed by atoms with E-state index in [2.05, 4.69) is 5.32 Å². The van der Waals surface area contributed by atoms with Gasteiger partial charge in [-0.1, -0.05) is 62.7 Å². The van der Waals surface area contributed by atoms with E-state index >= 15 is 0 Å². The van der Waals surface area contributed by atoms with Crippen LogP contribution in [0.15, 0.2) is 77.7 Å². The van der Waals surface area contributed by atoms with Gasteiger partial charge in [-0.25, -0.2) is 12.8 Å². The standard InChI is InChI=1S/C30H32ClF4N3O4S/c1-4-26(29(40)36-17-20(2)3)37(18-21-10-13-23(32)14-11-21)28(39)19-38(43(41,42)24-8-6-5-7-9-24)27-16-22(30(33,34)35)12-15-25(27)31/h5-16,20,26H,4,17-19H2,1-3H3,(H,36,40)/t26-/m0/s1. The first-order valence-electron chi connectivity index (χ1n) is 13.4. The second-order valence-electron chi connectivity index (χ2n) is 10.2. The summed E-state index contributed by atoms with van der Waals surface area (Å²) >= 11 is 6.26. The van der Waals surface area contributed by atoms with Crippen molar-refractivity contribution in [3.63, 3.8) is 0 Å². The minimum Gasteiger partial charge on any atom is -0.354 e. The Kier molecular flexibility index (Phi) is 11.2. The summed E-state index contributed by atoms with van der Waals surface area (Å²) in [5.74, 6) is -1.81. The van der Waals surface area contributed by atoms with Crippen molar-refractivity contribution in [1.82, 2.24) is 10.2 Å². The molecule has 0 unspecified atom stereocenters. The summed E-state index contributed by atoms with van der Waals surface area (Å²) in [7, 11) is -4.64. The molecule has 0 saturated heterocycles. The maximum absolute atomic E-state index is 14.0. The van der Waals surface area contributed by atoms with Gasteiger partial charge < -0.3 is 10.2 Å². The normalized spacial score (nSPS) is 12.6. The van der Waals surface area contributed by atoms with Gasteiger partial charge in [-0.05, 0) is 60.4 Å². The lowest BCUT2D eigenvalue weighted by Gasteiger charge is -2.33. The molecule has 0 radical (unpaired) electrons. The average molecular weight is 642 g/mol. The predicted octanol–water partition coefficient (Wildman–Crippen LogP) is 6.27. The van der Waals surface area contributed by atoms with E-state index in [9.17, 15) is 35.6 Å². The number of hydrogen-bond acceptors (Lipinski definition) is 4. The monoisotopic (exact) mass is 641 g/mol. The fraction of sp³-hybridized carbons (Fsp3) is 0.333. The number of sulfonamides is 1. The van der Waals surface area contributed by atoms with Crippen LogP contribution in [0.4, 0.5) is 23.2 Å². The first-order valence-corrected chi connectivity index (χ1v) is 15.2. The molecule has 3 aromatic rings. The van der Waals surface area contributed by atoms with Crippen molar-refractivity contribution in [2.45, 2.75) is 50.9 Å². The molecule has 43 heavy (non-hydrogen) atoms. The average Bonchev–Trinajstić information content (AvgIpc) is 2.95. The molecule has 232 valence electrons. The zero-order valence-electron chi connectivity index (χ0n) is 23.7. The molecule has 0 saturated carbocycles. The predicted molar refractivity (Wildman–Crippen MR) is 156 cm³/mol. The van der Waals surface area contributed by atoms with Gasteiger partial charge in [-0.3, -0.25) is 13.9 Å². The third kappa shape index (κ3) is 8.70. The highest BCUT2D eigenvalue weighted by Gasteiger charge is 2.37. The highest BCUT2D eigenvalue weighted by Crippen LogP contribution is 2.37. The number of carbonyl (C=O) groups excluding carboxylic acids is 2. The van der Waals surface area contributed by atoms with E-state index in [-0.39, 0.29) is 28.8 Å². The van der Waals surface area contributed by atoms with Gasteiger partial charge in [0.05, 0.1) is 21.2 Å². The number of anilines is 1. The van der Waals surface area contributed by atoms with Crippen LogP contribution in [0.1, 0.15) is 38.3 Å². The van der Waals surface area contributed by atoms with E-state index in [0.29, 0.717) is 28.5 Å². The second-order valence-corrected chi connectivity index (χ2v) is 12.5. The number of benzene rings is 3. The van der Waals surface area contributed by atoms with Crippen LogP contribution < -0.4 is 9.62 Å². The molecule has 0 aliphatic rings. The lowest BCUT2D eigenvalue weighted by molar-refractivity contribution is -0.140. The fourth-order valence-electron chi connectivity index (χ4n) is 4.24. The Morgan fingerprint density at radius 1 is 0.977 bits per heavy atom. The Morgan fingerprint density at radius 2 is 1.60 bits per heavy atom. The fourth-order valence-corrected chi connectivity index (χ4v) is 5.96. The topological polar surface area (TPSA) is 86.8 Å². The van der Waals surface area contributed by atoms with Crippen LogP contribution in [-0.2, 0) is 32.3 Å². The molecule has 7 nitrogen and oxygen atoms in total. The van der Waals surface area contributed by atoms with Crippen molar-refractivity contribution in [1.29, 1.82) is 0 Å². The molecule has 0 spiro atoms. The quantitative estimate of drug-likeness (QED) is 0.236. The van der Waals surface area contributed by atoms with Crippen LogP contribution in [0.3, 0.4) is 0 Å². The molecule has 0 fully saturated rings. The highest BCUT2D eigenvalue weighted by atomic mass is 35.5. The van der Waals surface area contributed by atoms with E-state index in [1.807, 2.05) is 13.8 Å². The van der Waals surface area contributed by atoms with Crippen molar-refractivity contribution >= 4 is 39.1 Å². The third-order valence-electron chi connectivity index (χ3n) is 6.49. The Labute approximate surface area is 253 Å². The van der Waals surface area contributed by atoms with E-state index in [0.717, 1.165) is 11.0 Å². The van der Waals surface area contributed by atoms with E-state index < -0.39 is 57.7 Å². The molecule has 2 amide bonds. The molecule has 3 aromatic carbocycles. The van der Waals surface area contributed by atoms with Crippen LogP contribution in [0.5, 0.6) is 0 Å². The number of rotatable bonds is 12. The van der Waals surface area contributed by atoms with Gasteiger partial charge in [0.1, 0.15) is 18.4 Å². The summed E-state index contributed by atoms with van der Waals surface area (Å²) in [6.45, 7) is 4.55. The van der Waals surface area contributed by atoms with Gasteiger partial charge in [0.15, 0.2) is 0 Å². The Morgan fingerprint density at radius 3 is 2.16 bits per heavy atom. The largest absolute Gasteiger partial charge is 0.416 e. The number of alkyl halides is 3. The second kappa shape index (κ2) is 14.2. The van der Waals surface area contributed by atoms with Gasteiger partial charge in [0.2, 0.25) is 11.8 Å². The molecular weight excluding hydrogens is 610 g/mol. The first kappa shape index (κ1) is 33.9. The number of hydrogen-bond donors (Lipinski definition) is 1. The lowest BCUT2D eigenvalue weighted by Crippen LogP contribution is -2.52. The van der Waals surface area contributed by atoms with Crippen molar-refractivity contribution in [3.8, 4) is 0 Å². The summed E-state index contributed by atoms with van der Waals surface area (Å²) < 4.78 is 82.8. The number of halogens is 5. The zero-order chi connectivity index (χ0) is 31.9. The number of amides is 2. The molecule has 13 heteroatoms. The minimum absolute atomic E-state index is 0.0947. The van der Waals surface area contributed by atoms with Crippen molar-refractivity contribution < 1.29 is 35.6 Å². The maximum atomic E-state index is 14.0. The maximum Gasteiger partial charge on any atom is 0.416 e. The van der Waals surface area contributed by atoms with Crippen LogP contribution in [0.25, 0.3) is 0 Å². The molecule has 0 heterocycles. The van der Waals surface area contributed by atoms with Crippen LogP contribution in [0, 0.1) is 11.7 Å². The van der Waals surface area contributed by atoms with Crippen LogP contribution in [-0.4, -0.2) is 44.3 Å².